The third kappa shape index (κ3) is 4.23. The summed E-state index contributed by atoms with van der Waals surface area (Å²) in [6, 6.07) is 20.3. The lowest BCUT2D eigenvalue weighted by molar-refractivity contribution is 1.16. The van der Waals surface area contributed by atoms with Crippen molar-refractivity contribution in [2.75, 3.05) is 23.0 Å². The Labute approximate surface area is 198 Å². The van der Waals surface area contributed by atoms with E-state index < -0.39 is 0 Å². The first-order valence-corrected chi connectivity index (χ1v) is 11.1. The van der Waals surface area contributed by atoms with Crippen molar-refractivity contribution < 1.29 is 0 Å². The Morgan fingerprint density at radius 2 is 1.59 bits per heavy atom. The van der Waals surface area contributed by atoms with Gasteiger partial charge in [0.15, 0.2) is 0 Å². The molecule has 5 aromatic rings. The lowest BCUT2D eigenvalue weighted by Crippen LogP contribution is -2.02. The van der Waals surface area contributed by atoms with Crippen molar-refractivity contribution in [3.05, 3.63) is 90.5 Å². The van der Waals surface area contributed by atoms with Crippen LogP contribution in [0.2, 0.25) is 0 Å². The number of nitrogens with one attached hydrogen (secondary N) is 3. The van der Waals surface area contributed by atoms with E-state index in [2.05, 4.69) is 74.0 Å². The maximum atomic E-state index is 4.63. The van der Waals surface area contributed by atoms with E-state index in [0.29, 0.717) is 0 Å². The summed E-state index contributed by atoms with van der Waals surface area (Å²) in [5, 5.41) is 12.2. The average Bonchev–Trinajstić information content (AvgIpc) is 2.86. The van der Waals surface area contributed by atoms with Crippen molar-refractivity contribution in [1.29, 1.82) is 0 Å². The molecule has 0 fully saturated rings. The van der Waals surface area contributed by atoms with Crippen LogP contribution in [-0.4, -0.2) is 27.0 Å². The van der Waals surface area contributed by atoms with E-state index in [4.69, 9.17) is 0 Å². The van der Waals surface area contributed by atoms with E-state index in [1.807, 2.05) is 49.6 Å². The number of benzene rings is 2. The zero-order valence-electron chi connectivity index (χ0n) is 19.3. The summed E-state index contributed by atoms with van der Waals surface area (Å²) >= 11 is 0. The van der Waals surface area contributed by atoms with Gasteiger partial charge in [0, 0.05) is 47.5 Å². The molecule has 34 heavy (non-hydrogen) atoms. The SMILES string of the molecule is CNc1cc(-c2cccnc2Nc2c(C)ccc3c(Nc4cccc(C)c4)nccc23)ncn1. The molecular formula is C27H25N7. The molecule has 2 aromatic carbocycles. The van der Waals surface area contributed by atoms with Crippen LogP contribution >= 0.6 is 0 Å². The van der Waals surface area contributed by atoms with E-state index in [0.717, 1.165) is 56.4 Å². The molecule has 0 aliphatic rings. The van der Waals surface area contributed by atoms with E-state index in [1.165, 1.54) is 5.56 Å². The molecule has 3 aromatic heterocycles. The molecule has 0 saturated heterocycles. The molecule has 5 rings (SSSR count). The van der Waals surface area contributed by atoms with E-state index >= 15 is 0 Å². The number of hydrogen-bond acceptors (Lipinski definition) is 7. The summed E-state index contributed by atoms with van der Waals surface area (Å²) in [5.41, 5.74) is 5.97. The van der Waals surface area contributed by atoms with Crippen LogP contribution in [0, 0.1) is 13.8 Å². The fraction of sp³-hybridized carbons (Fsp3) is 0.111. The molecule has 7 heteroatoms. The Bertz CT molecular complexity index is 1480. The second kappa shape index (κ2) is 9.15. The Morgan fingerprint density at radius 1 is 0.706 bits per heavy atom. The molecule has 3 heterocycles. The number of aromatic nitrogens is 4. The van der Waals surface area contributed by atoms with Gasteiger partial charge in [0.25, 0.3) is 0 Å². The van der Waals surface area contributed by atoms with Gasteiger partial charge in [0.1, 0.15) is 23.8 Å². The lowest BCUT2D eigenvalue weighted by Gasteiger charge is -2.17. The number of fused-ring (bicyclic) bond motifs is 1. The molecule has 0 unspecified atom stereocenters. The van der Waals surface area contributed by atoms with Crippen LogP contribution in [0.25, 0.3) is 22.0 Å². The van der Waals surface area contributed by atoms with Crippen molar-refractivity contribution in [2.45, 2.75) is 13.8 Å². The Hall–Kier alpha value is -4.52. The number of nitrogens with zero attached hydrogens (tertiary/aromatic N) is 4. The predicted molar refractivity (Wildman–Crippen MR) is 139 cm³/mol. The molecule has 0 atom stereocenters. The van der Waals surface area contributed by atoms with Gasteiger partial charge in [0.05, 0.1) is 11.4 Å². The summed E-state index contributed by atoms with van der Waals surface area (Å²) in [7, 11) is 1.84. The molecular weight excluding hydrogens is 422 g/mol. The smallest absolute Gasteiger partial charge is 0.139 e. The van der Waals surface area contributed by atoms with E-state index in [1.54, 1.807) is 12.5 Å². The quantitative estimate of drug-likeness (QED) is 0.284. The molecule has 0 radical (unpaired) electrons. The topological polar surface area (TPSA) is 87.7 Å². The summed E-state index contributed by atoms with van der Waals surface area (Å²) in [6.45, 7) is 4.16. The summed E-state index contributed by atoms with van der Waals surface area (Å²) < 4.78 is 0. The van der Waals surface area contributed by atoms with Crippen molar-refractivity contribution in [1.82, 2.24) is 19.9 Å². The highest BCUT2D eigenvalue weighted by Gasteiger charge is 2.14. The maximum Gasteiger partial charge on any atom is 0.139 e. The zero-order valence-corrected chi connectivity index (χ0v) is 19.3. The van der Waals surface area contributed by atoms with Crippen LogP contribution in [0.3, 0.4) is 0 Å². The highest BCUT2D eigenvalue weighted by atomic mass is 15.0. The highest BCUT2D eigenvalue weighted by molar-refractivity contribution is 6.03. The Balaban J connectivity index is 1.57. The number of hydrogen-bond donors (Lipinski definition) is 3. The van der Waals surface area contributed by atoms with Gasteiger partial charge in [-0.15, -0.1) is 0 Å². The summed E-state index contributed by atoms with van der Waals surface area (Å²) in [5.74, 6) is 2.28. The average molecular weight is 448 g/mol. The number of anilines is 5. The van der Waals surface area contributed by atoms with Gasteiger partial charge in [-0.05, 0) is 55.3 Å². The highest BCUT2D eigenvalue weighted by Crippen LogP contribution is 2.35. The fourth-order valence-corrected chi connectivity index (χ4v) is 3.96. The molecule has 168 valence electrons. The van der Waals surface area contributed by atoms with Crippen LogP contribution in [0.4, 0.5) is 28.8 Å². The number of aryl methyl sites for hydroxylation is 2. The van der Waals surface area contributed by atoms with Crippen molar-refractivity contribution in [3.8, 4) is 11.3 Å². The molecule has 0 spiro atoms. The van der Waals surface area contributed by atoms with E-state index in [-0.39, 0.29) is 0 Å². The van der Waals surface area contributed by atoms with Gasteiger partial charge in [-0.3, -0.25) is 0 Å². The van der Waals surface area contributed by atoms with Gasteiger partial charge in [-0.2, -0.15) is 0 Å². The zero-order chi connectivity index (χ0) is 23.5. The molecule has 7 nitrogen and oxygen atoms in total. The normalized spacial score (nSPS) is 10.8. The maximum absolute atomic E-state index is 4.63. The fourth-order valence-electron chi connectivity index (χ4n) is 3.96. The molecule has 0 bridgehead atoms. The Kier molecular flexibility index (Phi) is 5.74. The van der Waals surface area contributed by atoms with Gasteiger partial charge in [-0.25, -0.2) is 19.9 Å². The second-order valence-corrected chi connectivity index (χ2v) is 8.07. The molecule has 3 N–H and O–H groups in total. The second-order valence-electron chi connectivity index (χ2n) is 8.07. The van der Waals surface area contributed by atoms with Gasteiger partial charge >= 0.3 is 0 Å². The van der Waals surface area contributed by atoms with E-state index in [9.17, 15) is 0 Å². The van der Waals surface area contributed by atoms with Crippen LogP contribution in [0.15, 0.2) is 79.4 Å². The first kappa shape index (κ1) is 21.3. The third-order valence-electron chi connectivity index (χ3n) is 5.68. The standard InChI is InChI=1S/C27H25N7/c1-17-6-4-7-19(14-17)33-26-21-10-9-18(2)25(20(21)11-13-30-26)34-27-22(8-5-12-29-27)23-15-24(28-3)32-16-31-23/h4-16H,1-3H3,(H,29,34)(H,30,33)(H,28,31,32). The minimum Gasteiger partial charge on any atom is -0.373 e. The minimum absolute atomic E-state index is 0.726. The van der Waals surface area contributed by atoms with Crippen LogP contribution in [0.5, 0.6) is 0 Å². The summed E-state index contributed by atoms with van der Waals surface area (Å²) in [4.78, 5) is 17.9. The van der Waals surface area contributed by atoms with Gasteiger partial charge < -0.3 is 16.0 Å². The van der Waals surface area contributed by atoms with Crippen LogP contribution < -0.4 is 16.0 Å². The van der Waals surface area contributed by atoms with Gasteiger partial charge in [-0.1, -0.05) is 24.3 Å². The van der Waals surface area contributed by atoms with Crippen LogP contribution in [0.1, 0.15) is 11.1 Å². The number of rotatable bonds is 6. The van der Waals surface area contributed by atoms with Crippen molar-refractivity contribution in [3.63, 3.8) is 0 Å². The first-order valence-electron chi connectivity index (χ1n) is 11.1. The first-order chi connectivity index (χ1) is 16.6. The summed E-state index contributed by atoms with van der Waals surface area (Å²) in [6.07, 6.45) is 5.16. The third-order valence-corrected chi connectivity index (χ3v) is 5.68. The van der Waals surface area contributed by atoms with Gasteiger partial charge in [0.2, 0.25) is 0 Å². The molecule has 0 aliphatic heterocycles. The predicted octanol–water partition coefficient (Wildman–Crippen LogP) is 6.23. The molecule has 0 aliphatic carbocycles. The van der Waals surface area contributed by atoms with Crippen molar-refractivity contribution >= 4 is 39.6 Å². The Morgan fingerprint density at radius 3 is 2.44 bits per heavy atom. The van der Waals surface area contributed by atoms with Crippen molar-refractivity contribution in [2.24, 2.45) is 0 Å². The molecule has 0 amide bonds. The monoisotopic (exact) mass is 447 g/mol. The molecule has 0 saturated carbocycles. The lowest BCUT2D eigenvalue weighted by atomic mass is 10.0. The largest absolute Gasteiger partial charge is 0.373 e. The van der Waals surface area contributed by atoms with Crippen LogP contribution in [-0.2, 0) is 0 Å². The minimum atomic E-state index is 0.726. The number of pyridine rings is 2.